The molecule has 0 N–H and O–H groups in total. The minimum Gasteiger partial charge on any atom is -0.342 e. The van der Waals surface area contributed by atoms with E-state index in [2.05, 4.69) is 16.4 Å². The molecule has 0 unspecified atom stereocenters. The molecule has 3 heterocycles. The van der Waals surface area contributed by atoms with Gasteiger partial charge in [0.05, 0.1) is 6.42 Å². The molecule has 2 aromatic rings. The molecule has 1 aromatic heterocycles. The Morgan fingerprint density at radius 2 is 1.45 bits per heavy atom. The Morgan fingerprint density at radius 1 is 0.862 bits per heavy atom. The number of carbonyl (C=O) groups is 2. The van der Waals surface area contributed by atoms with E-state index in [0.717, 1.165) is 55.9 Å². The summed E-state index contributed by atoms with van der Waals surface area (Å²) in [7, 11) is 0. The van der Waals surface area contributed by atoms with Gasteiger partial charge in [-0.1, -0.05) is 19.1 Å². The zero-order valence-corrected chi connectivity index (χ0v) is 17.3. The van der Waals surface area contributed by atoms with Crippen molar-refractivity contribution >= 4 is 11.8 Å². The van der Waals surface area contributed by atoms with Gasteiger partial charge in [0.2, 0.25) is 11.8 Å². The fourth-order valence-electron chi connectivity index (χ4n) is 4.44. The van der Waals surface area contributed by atoms with E-state index in [9.17, 15) is 9.59 Å². The average Bonchev–Trinajstić information content (AvgIpc) is 3.29. The summed E-state index contributed by atoms with van der Waals surface area (Å²) in [6.45, 7) is 5.46. The lowest BCUT2D eigenvalue weighted by Gasteiger charge is -2.36. The number of nitrogens with zero attached hydrogens (tertiary/aromatic N) is 3. The highest BCUT2D eigenvalue weighted by atomic mass is 16.2. The first kappa shape index (κ1) is 19.7. The van der Waals surface area contributed by atoms with Crippen LogP contribution in [0.25, 0.3) is 5.69 Å². The van der Waals surface area contributed by atoms with Crippen LogP contribution in [-0.2, 0) is 16.0 Å². The Balaban J connectivity index is 1.26. The summed E-state index contributed by atoms with van der Waals surface area (Å²) < 4.78 is 2.05. The summed E-state index contributed by atoms with van der Waals surface area (Å²) in [6, 6.07) is 12.1. The SMILES string of the molecule is CC1CCN(C(=O)C2CCN(C(=O)Cc3ccc(-n4cccc4)cc3)CC2)CC1. The first-order valence-electron chi connectivity index (χ1n) is 10.9. The number of piperidine rings is 2. The van der Waals surface area contributed by atoms with Crippen LogP contribution in [0.4, 0.5) is 0 Å². The molecule has 5 nitrogen and oxygen atoms in total. The standard InChI is InChI=1S/C24H31N3O2/c1-19-8-14-27(15-9-19)24(29)21-10-16-26(17-11-21)23(28)18-20-4-6-22(7-5-20)25-12-2-3-13-25/h2-7,12-13,19,21H,8-11,14-18H2,1H3. The van der Waals surface area contributed by atoms with Gasteiger partial charge in [-0.15, -0.1) is 0 Å². The summed E-state index contributed by atoms with van der Waals surface area (Å²) in [6.07, 6.45) is 8.27. The topological polar surface area (TPSA) is 45.6 Å². The Morgan fingerprint density at radius 3 is 2.07 bits per heavy atom. The molecule has 0 aliphatic carbocycles. The molecular formula is C24H31N3O2. The van der Waals surface area contributed by atoms with Gasteiger partial charge in [-0.05, 0) is 61.4 Å². The van der Waals surface area contributed by atoms with E-state index < -0.39 is 0 Å². The van der Waals surface area contributed by atoms with Crippen LogP contribution in [0.3, 0.4) is 0 Å². The molecule has 2 aliphatic heterocycles. The van der Waals surface area contributed by atoms with E-state index in [-0.39, 0.29) is 11.8 Å². The van der Waals surface area contributed by atoms with Crippen molar-refractivity contribution in [3.05, 3.63) is 54.4 Å². The number of rotatable bonds is 4. The van der Waals surface area contributed by atoms with Gasteiger partial charge in [0, 0.05) is 50.2 Å². The third-order valence-electron chi connectivity index (χ3n) is 6.49. The highest BCUT2D eigenvalue weighted by molar-refractivity contribution is 5.81. The van der Waals surface area contributed by atoms with Crippen molar-refractivity contribution in [2.75, 3.05) is 26.2 Å². The molecule has 29 heavy (non-hydrogen) atoms. The average molecular weight is 394 g/mol. The van der Waals surface area contributed by atoms with E-state index in [1.165, 1.54) is 0 Å². The van der Waals surface area contributed by atoms with E-state index in [1.807, 2.05) is 53.7 Å². The smallest absolute Gasteiger partial charge is 0.226 e. The Hall–Kier alpha value is -2.56. The lowest BCUT2D eigenvalue weighted by Crippen LogP contribution is -2.46. The normalized spacial score (nSPS) is 18.8. The van der Waals surface area contributed by atoms with Crippen molar-refractivity contribution in [1.82, 2.24) is 14.4 Å². The zero-order valence-electron chi connectivity index (χ0n) is 17.3. The molecule has 0 spiro atoms. The third-order valence-corrected chi connectivity index (χ3v) is 6.49. The van der Waals surface area contributed by atoms with Crippen LogP contribution in [0.15, 0.2) is 48.8 Å². The van der Waals surface area contributed by atoms with Gasteiger partial charge in [0.1, 0.15) is 0 Å². The van der Waals surface area contributed by atoms with Crippen molar-refractivity contribution in [3.8, 4) is 5.69 Å². The van der Waals surface area contributed by atoms with Gasteiger partial charge in [-0.25, -0.2) is 0 Å². The largest absolute Gasteiger partial charge is 0.342 e. The second-order valence-corrected chi connectivity index (χ2v) is 8.60. The lowest BCUT2D eigenvalue weighted by atomic mass is 9.92. The van der Waals surface area contributed by atoms with Crippen molar-refractivity contribution in [1.29, 1.82) is 0 Å². The molecule has 5 heteroatoms. The molecule has 0 bridgehead atoms. The number of aromatic nitrogens is 1. The molecule has 2 amide bonds. The zero-order chi connectivity index (χ0) is 20.2. The Kier molecular flexibility index (Phi) is 6.02. The lowest BCUT2D eigenvalue weighted by molar-refractivity contribution is -0.141. The maximum absolute atomic E-state index is 12.8. The first-order chi connectivity index (χ1) is 14.1. The second-order valence-electron chi connectivity index (χ2n) is 8.60. The quantitative estimate of drug-likeness (QED) is 0.798. The number of likely N-dealkylation sites (tertiary alicyclic amines) is 2. The third kappa shape index (κ3) is 4.72. The molecule has 154 valence electrons. The molecular weight excluding hydrogens is 362 g/mol. The van der Waals surface area contributed by atoms with Crippen molar-refractivity contribution in [2.45, 2.75) is 39.0 Å². The van der Waals surface area contributed by atoms with Gasteiger partial charge >= 0.3 is 0 Å². The highest BCUT2D eigenvalue weighted by Crippen LogP contribution is 2.24. The van der Waals surface area contributed by atoms with E-state index in [0.29, 0.717) is 25.4 Å². The van der Waals surface area contributed by atoms with Crippen LogP contribution >= 0.6 is 0 Å². The summed E-state index contributed by atoms with van der Waals surface area (Å²) in [4.78, 5) is 29.5. The maximum atomic E-state index is 12.8. The van der Waals surface area contributed by atoms with Gasteiger partial charge in [0.25, 0.3) is 0 Å². The molecule has 0 atom stereocenters. The molecule has 0 saturated carbocycles. The molecule has 2 saturated heterocycles. The number of benzene rings is 1. The van der Waals surface area contributed by atoms with Crippen molar-refractivity contribution in [3.63, 3.8) is 0 Å². The first-order valence-corrected chi connectivity index (χ1v) is 10.9. The summed E-state index contributed by atoms with van der Waals surface area (Å²) in [5, 5.41) is 0. The number of amides is 2. The fourth-order valence-corrected chi connectivity index (χ4v) is 4.44. The fraction of sp³-hybridized carbons (Fsp3) is 0.500. The van der Waals surface area contributed by atoms with Crippen molar-refractivity contribution < 1.29 is 9.59 Å². The number of hydrogen-bond donors (Lipinski definition) is 0. The van der Waals surface area contributed by atoms with E-state index in [4.69, 9.17) is 0 Å². The molecule has 2 aliphatic rings. The van der Waals surface area contributed by atoms with Gasteiger partial charge in [-0.3, -0.25) is 9.59 Å². The highest BCUT2D eigenvalue weighted by Gasteiger charge is 2.31. The predicted octanol–water partition coefficient (Wildman–Crippen LogP) is 3.52. The van der Waals surface area contributed by atoms with Crippen LogP contribution in [0.2, 0.25) is 0 Å². The van der Waals surface area contributed by atoms with Crippen LogP contribution in [0.5, 0.6) is 0 Å². The predicted molar refractivity (Wildman–Crippen MR) is 114 cm³/mol. The van der Waals surface area contributed by atoms with Crippen LogP contribution in [0, 0.1) is 11.8 Å². The van der Waals surface area contributed by atoms with E-state index in [1.54, 1.807) is 0 Å². The molecule has 2 fully saturated rings. The number of carbonyl (C=O) groups excluding carboxylic acids is 2. The van der Waals surface area contributed by atoms with Crippen LogP contribution in [-0.4, -0.2) is 52.4 Å². The number of hydrogen-bond acceptors (Lipinski definition) is 2. The molecule has 1 aromatic carbocycles. The van der Waals surface area contributed by atoms with Crippen molar-refractivity contribution in [2.24, 2.45) is 11.8 Å². The summed E-state index contributed by atoms with van der Waals surface area (Å²) >= 11 is 0. The summed E-state index contributed by atoms with van der Waals surface area (Å²) in [5.41, 5.74) is 2.13. The summed E-state index contributed by atoms with van der Waals surface area (Å²) in [5.74, 6) is 1.30. The minimum absolute atomic E-state index is 0.0910. The monoisotopic (exact) mass is 393 g/mol. The Labute approximate surface area is 173 Å². The van der Waals surface area contributed by atoms with Crippen LogP contribution < -0.4 is 0 Å². The Bertz CT molecular complexity index is 812. The van der Waals surface area contributed by atoms with E-state index >= 15 is 0 Å². The molecule has 0 radical (unpaired) electrons. The minimum atomic E-state index is 0.0910. The maximum Gasteiger partial charge on any atom is 0.226 e. The van der Waals surface area contributed by atoms with Gasteiger partial charge in [-0.2, -0.15) is 0 Å². The second kappa shape index (κ2) is 8.85. The van der Waals surface area contributed by atoms with Gasteiger partial charge < -0.3 is 14.4 Å². The van der Waals surface area contributed by atoms with Crippen LogP contribution in [0.1, 0.15) is 38.2 Å². The van der Waals surface area contributed by atoms with Gasteiger partial charge in [0.15, 0.2) is 0 Å². The molecule has 4 rings (SSSR count).